The first-order valence-electron chi connectivity index (χ1n) is 5.75. The number of hydrogen-bond acceptors (Lipinski definition) is 2. The lowest BCUT2D eigenvalue weighted by molar-refractivity contribution is 1.15. The van der Waals surface area contributed by atoms with Crippen LogP contribution >= 0.6 is 0 Å². The highest BCUT2D eigenvalue weighted by Crippen LogP contribution is 2.24. The maximum atomic E-state index is 4.71. The Morgan fingerprint density at radius 3 is 2.56 bits per heavy atom. The van der Waals surface area contributed by atoms with Gasteiger partial charge in [-0.05, 0) is 50.5 Å². The minimum Gasteiger partial charge on any atom is -0.370 e. The molecule has 16 heavy (non-hydrogen) atoms. The van der Waals surface area contributed by atoms with Crippen molar-refractivity contribution in [3.05, 3.63) is 34.9 Å². The summed E-state index contributed by atoms with van der Waals surface area (Å²) < 4.78 is 0. The van der Waals surface area contributed by atoms with Gasteiger partial charge < -0.3 is 5.32 Å². The van der Waals surface area contributed by atoms with E-state index >= 15 is 0 Å². The van der Waals surface area contributed by atoms with Crippen LogP contribution in [0.15, 0.2) is 18.2 Å². The van der Waals surface area contributed by atoms with E-state index < -0.39 is 0 Å². The largest absolute Gasteiger partial charge is 0.370 e. The third-order valence-electron chi connectivity index (χ3n) is 3.05. The summed E-state index contributed by atoms with van der Waals surface area (Å²) in [5, 5.41) is 4.53. The van der Waals surface area contributed by atoms with Gasteiger partial charge in [0.2, 0.25) is 0 Å². The predicted octanol–water partition coefficient (Wildman–Crippen LogP) is 3.59. The van der Waals surface area contributed by atoms with E-state index in [2.05, 4.69) is 51.2 Å². The predicted molar refractivity (Wildman–Crippen MR) is 70.1 cm³/mol. The van der Waals surface area contributed by atoms with Gasteiger partial charge in [0, 0.05) is 11.9 Å². The number of fused-ring (bicyclic) bond motifs is 1. The van der Waals surface area contributed by atoms with Crippen molar-refractivity contribution in [3.8, 4) is 0 Å². The normalized spacial score (nSPS) is 10.8. The van der Waals surface area contributed by atoms with Crippen molar-refractivity contribution < 1.29 is 0 Å². The Balaban J connectivity index is 2.70. The molecule has 0 spiro atoms. The number of aryl methyl sites for hydroxylation is 3. The first-order chi connectivity index (χ1) is 7.63. The number of pyridine rings is 1. The highest BCUT2D eigenvalue weighted by molar-refractivity contribution is 5.85. The van der Waals surface area contributed by atoms with Crippen LogP contribution in [0.2, 0.25) is 0 Å². The van der Waals surface area contributed by atoms with Crippen molar-refractivity contribution in [2.45, 2.75) is 27.7 Å². The summed E-state index contributed by atoms with van der Waals surface area (Å²) in [5.41, 5.74) is 4.89. The minimum atomic E-state index is 0.907. The summed E-state index contributed by atoms with van der Waals surface area (Å²) in [7, 11) is 0. The van der Waals surface area contributed by atoms with Gasteiger partial charge in [0.25, 0.3) is 0 Å². The van der Waals surface area contributed by atoms with Crippen molar-refractivity contribution in [2.75, 3.05) is 11.9 Å². The minimum absolute atomic E-state index is 0.907. The Labute approximate surface area is 96.7 Å². The molecule has 2 heteroatoms. The second-order valence-electron chi connectivity index (χ2n) is 4.26. The van der Waals surface area contributed by atoms with Crippen LogP contribution in [0.4, 0.5) is 5.82 Å². The summed E-state index contributed by atoms with van der Waals surface area (Å²) in [4.78, 5) is 4.71. The molecule has 84 valence electrons. The number of benzene rings is 1. The van der Waals surface area contributed by atoms with Crippen LogP contribution < -0.4 is 5.32 Å². The van der Waals surface area contributed by atoms with Crippen molar-refractivity contribution in [1.29, 1.82) is 0 Å². The fourth-order valence-electron chi connectivity index (χ4n) is 1.93. The molecule has 0 aliphatic rings. The standard InChI is InChI=1S/C14H18N2/c1-5-15-14-10(3)8-12-7-6-9(2)11(4)13(12)16-14/h6-8H,5H2,1-4H3,(H,15,16). The zero-order valence-corrected chi connectivity index (χ0v) is 10.4. The Morgan fingerprint density at radius 2 is 1.88 bits per heavy atom. The van der Waals surface area contributed by atoms with Crippen LogP contribution in [0.1, 0.15) is 23.6 Å². The average Bonchev–Trinajstić information content (AvgIpc) is 2.26. The van der Waals surface area contributed by atoms with Gasteiger partial charge in [-0.2, -0.15) is 0 Å². The molecule has 0 radical (unpaired) electrons. The van der Waals surface area contributed by atoms with Crippen molar-refractivity contribution in [3.63, 3.8) is 0 Å². The van der Waals surface area contributed by atoms with Gasteiger partial charge in [0.05, 0.1) is 5.52 Å². The number of nitrogens with zero attached hydrogens (tertiary/aromatic N) is 1. The van der Waals surface area contributed by atoms with Crippen LogP contribution in [0, 0.1) is 20.8 Å². The summed E-state index contributed by atoms with van der Waals surface area (Å²) in [6, 6.07) is 6.51. The molecule has 1 N–H and O–H groups in total. The van der Waals surface area contributed by atoms with E-state index in [9.17, 15) is 0 Å². The zero-order valence-electron chi connectivity index (χ0n) is 10.4. The molecule has 2 nitrogen and oxygen atoms in total. The Morgan fingerprint density at radius 1 is 1.12 bits per heavy atom. The number of aromatic nitrogens is 1. The van der Waals surface area contributed by atoms with Crippen LogP contribution in [0.3, 0.4) is 0 Å². The molecule has 2 aromatic rings. The van der Waals surface area contributed by atoms with Gasteiger partial charge in [-0.3, -0.25) is 0 Å². The lowest BCUT2D eigenvalue weighted by Crippen LogP contribution is -2.02. The third-order valence-corrected chi connectivity index (χ3v) is 3.05. The number of rotatable bonds is 2. The SMILES string of the molecule is CCNc1nc2c(C)c(C)ccc2cc1C. The monoisotopic (exact) mass is 214 g/mol. The van der Waals surface area contributed by atoms with Gasteiger partial charge >= 0.3 is 0 Å². The van der Waals surface area contributed by atoms with Crippen LogP contribution in [0.5, 0.6) is 0 Å². The fraction of sp³-hybridized carbons (Fsp3) is 0.357. The molecule has 2 rings (SSSR count). The first-order valence-corrected chi connectivity index (χ1v) is 5.75. The quantitative estimate of drug-likeness (QED) is 0.826. The van der Waals surface area contributed by atoms with E-state index in [0.29, 0.717) is 0 Å². The highest BCUT2D eigenvalue weighted by Gasteiger charge is 2.05. The van der Waals surface area contributed by atoms with Gasteiger partial charge in [-0.1, -0.05) is 12.1 Å². The molecule has 0 unspecified atom stereocenters. The maximum Gasteiger partial charge on any atom is 0.129 e. The molecule has 0 saturated carbocycles. The molecule has 0 atom stereocenters. The van der Waals surface area contributed by atoms with Crippen LogP contribution in [-0.2, 0) is 0 Å². The summed E-state index contributed by atoms with van der Waals surface area (Å²) >= 11 is 0. The molecule has 0 saturated heterocycles. The third kappa shape index (κ3) is 1.75. The molecular weight excluding hydrogens is 196 g/mol. The average molecular weight is 214 g/mol. The topological polar surface area (TPSA) is 24.9 Å². The summed E-state index contributed by atoms with van der Waals surface area (Å²) in [6.45, 7) is 9.36. The van der Waals surface area contributed by atoms with Crippen molar-refractivity contribution in [1.82, 2.24) is 4.98 Å². The smallest absolute Gasteiger partial charge is 0.129 e. The molecule has 1 aromatic carbocycles. The first kappa shape index (κ1) is 10.9. The van der Waals surface area contributed by atoms with Gasteiger partial charge in [0.15, 0.2) is 0 Å². The second kappa shape index (κ2) is 4.12. The number of anilines is 1. The fourth-order valence-corrected chi connectivity index (χ4v) is 1.93. The van der Waals surface area contributed by atoms with E-state index in [1.54, 1.807) is 0 Å². The molecular formula is C14H18N2. The lowest BCUT2D eigenvalue weighted by atomic mass is 10.0. The van der Waals surface area contributed by atoms with E-state index in [1.165, 1.54) is 22.1 Å². The number of nitrogens with one attached hydrogen (secondary N) is 1. The maximum absolute atomic E-state index is 4.71. The molecule has 0 aliphatic heterocycles. The summed E-state index contributed by atoms with van der Waals surface area (Å²) in [6.07, 6.45) is 0. The Hall–Kier alpha value is -1.57. The van der Waals surface area contributed by atoms with Crippen LogP contribution in [-0.4, -0.2) is 11.5 Å². The van der Waals surface area contributed by atoms with Gasteiger partial charge in [-0.15, -0.1) is 0 Å². The zero-order chi connectivity index (χ0) is 11.7. The van der Waals surface area contributed by atoms with E-state index in [1.807, 2.05) is 0 Å². The van der Waals surface area contributed by atoms with Crippen molar-refractivity contribution in [2.24, 2.45) is 0 Å². The molecule has 1 heterocycles. The van der Waals surface area contributed by atoms with Gasteiger partial charge in [0.1, 0.15) is 5.82 Å². The number of hydrogen-bond donors (Lipinski definition) is 1. The lowest BCUT2D eigenvalue weighted by Gasteiger charge is -2.11. The van der Waals surface area contributed by atoms with E-state index in [-0.39, 0.29) is 0 Å². The van der Waals surface area contributed by atoms with E-state index in [0.717, 1.165) is 17.9 Å². The molecule has 0 bridgehead atoms. The Kier molecular flexibility index (Phi) is 2.82. The summed E-state index contributed by atoms with van der Waals surface area (Å²) in [5.74, 6) is 1.00. The second-order valence-corrected chi connectivity index (χ2v) is 4.26. The van der Waals surface area contributed by atoms with Gasteiger partial charge in [-0.25, -0.2) is 4.98 Å². The molecule has 0 aliphatic carbocycles. The molecule has 0 amide bonds. The van der Waals surface area contributed by atoms with Crippen molar-refractivity contribution >= 4 is 16.7 Å². The van der Waals surface area contributed by atoms with E-state index in [4.69, 9.17) is 4.98 Å². The molecule has 1 aromatic heterocycles. The Bertz CT molecular complexity index is 530. The highest BCUT2D eigenvalue weighted by atomic mass is 15.0. The molecule has 0 fully saturated rings. The van der Waals surface area contributed by atoms with Crippen LogP contribution in [0.25, 0.3) is 10.9 Å².